The molecule has 1 saturated carbocycles. The Morgan fingerprint density at radius 1 is 1.63 bits per heavy atom. The van der Waals surface area contributed by atoms with Crippen LogP contribution in [0, 0.1) is 11.8 Å². The Morgan fingerprint density at radius 2 is 2.37 bits per heavy atom. The molecule has 19 heavy (non-hydrogen) atoms. The zero-order valence-corrected chi connectivity index (χ0v) is 10.8. The molecule has 9 heteroatoms. The van der Waals surface area contributed by atoms with Gasteiger partial charge in [0.25, 0.3) is 0 Å². The lowest BCUT2D eigenvalue weighted by molar-refractivity contribution is -0.150. The second-order valence-corrected chi connectivity index (χ2v) is 5.16. The topological polar surface area (TPSA) is 63.2 Å². The number of rotatable bonds is 4. The highest BCUT2D eigenvalue weighted by atomic mass is 32.1. The Morgan fingerprint density at radius 3 is 2.89 bits per heavy atom. The maximum Gasteiger partial charge on any atom is 0.392 e. The van der Waals surface area contributed by atoms with E-state index in [9.17, 15) is 18.0 Å². The molecule has 0 radical (unpaired) electrons. The lowest BCUT2D eigenvalue weighted by Gasteiger charge is -2.06. The van der Waals surface area contributed by atoms with Gasteiger partial charge in [0, 0.05) is 6.54 Å². The van der Waals surface area contributed by atoms with Crippen LogP contribution in [0.3, 0.4) is 0 Å². The van der Waals surface area contributed by atoms with Crippen molar-refractivity contribution in [3.05, 3.63) is 6.20 Å². The molecule has 1 aromatic heterocycles. The number of halogens is 3. The number of nitrogens with zero attached hydrogens (tertiary/aromatic N) is 1. The summed E-state index contributed by atoms with van der Waals surface area (Å²) in [6, 6.07) is -0.565. The van der Waals surface area contributed by atoms with Crippen LogP contribution in [0.25, 0.3) is 0 Å². The van der Waals surface area contributed by atoms with E-state index in [-0.39, 0.29) is 13.0 Å². The number of ether oxygens (including phenoxy) is 1. The number of nitrogens with one attached hydrogen (secondary N) is 2. The second-order valence-electron chi connectivity index (χ2n) is 4.17. The van der Waals surface area contributed by atoms with Crippen molar-refractivity contribution in [2.75, 3.05) is 19.0 Å². The highest BCUT2D eigenvalue weighted by Crippen LogP contribution is 2.49. The summed E-state index contributed by atoms with van der Waals surface area (Å²) in [6.07, 6.45) is -2.64. The monoisotopic (exact) mass is 295 g/mol. The number of methoxy groups -OCH3 is 1. The van der Waals surface area contributed by atoms with Gasteiger partial charge < -0.3 is 10.1 Å². The number of urea groups is 1. The summed E-state index contributed by atoms with van der Waals surface area (Å²) in [6.45, 7) is 0.0124. The predicted molar refractivity (Wildman–Crippen MR) is 63.3 cm³/mol. The number of alkyl halides is 3. The number of carbonyl (C=O) groups is 1. The van der Waals surface area contributed by atoms with Gasteiger partial charge >= 0.3 is 12.2 Å². The molecule has 0 aromatic carbocycles. The summed E-state index contributed by atoms with van der Waals surface area (Å²) in [7, 11) is 1.47. The van der Waals surface area contributed by atoms with Crippen LogP contribution in [-0.4, -0.2) is 30.8 Å². The molecule has 0 saturated heterocycles. The first kappa shape index (κ1) is 13.9. The molecule has 0 unspecified atom stereocenters. The van der Waals surface area contributed by atoms with E-state index in [2.05, 4.69) is 15.6 Å². The second kappa shape index (κ2) is 5.24. The van der Waals surface area contributed by atoms with Crippen molar-refractivity contribution in [2.24, 2.45) is 11.8 Å². The largest absolute Gasteiger partial charge is 0.486 e. The van der Waals surface area contributed by atoms with Crippen molar-refractivity contribution in [2.45, 2.75) is 12.6 Å². The van der Waals surface area contributed by atoms with Gasteiger partial charge in [0.05, 0.1) is 19.2 Å². The van der Waals surface area contributed by atoms with Crippen molar-refractivity contribution in [1.82, 2.24) is 10.3 Å². The number of hydrogen-bond donors (Lipinski definition) is 2. The van der Waals surface area contributed by atoms with Gasteiger partial charge in [-0.25, -0.2) is 9.78 Å². The minimum atomic E-state index is -4.16. The van der Waals surface area contributed by atoms with Crippen molar-refractivity contribution in [3.63, 3.8) is 0 Å². The standard InChI is InChI=1S/C10H12F3N3O2S/c1-18-7-4-15-9(19-7)16-8(17)14-3-5-2-6(5)10(11,12)13/h4-6H,2-3H2,1H3,(H2,14,15,16,17)/t5-,6+/m0/s1. The minimum absolute atomic E-state index is 0.0124. The molecule has 1 aromatic rings. The van der Waals surface area contributed by atoms with Crippen molar-refractivity contribution >= 4 is 22.5 Å². The molecule has 1 aliphatic carbocycles. The summed E-state index contributed by atoms with van der Waals surface area (Å²) >= 11 is 1.13. The highest BCUT2D eigenvalue weighted by molar-refractivity contribution is 7.17. The van der Waals surface area contributed by atoms with Gasteiger partial charge in [-0.3, -0.25) is 5.32 Å². The maximum absolute atomic E-state index is 12.3. The van der Waals surface area contributed by atoms with Crippen molar-refractivity contribution in [1.29, 1.82) is 0 Å². The number of thiazole rings is 1. The average Bonchev–Trinajstić information content (AvgIpc) is 3.00. The Balaban J connectivity index is 1.71. The van der Waals surface area contributed by atoms with Gasteiger partial charge in [0.15, 0.2) is 10.2 Å². The number of aromatic nitrogens is 1. The molecule has 5 nitrogen and oxygen atoms in total. The molecule has 106 valence electrons. The molecule has 1 fully saturated rings. The molecule has 1 aliphatic rings. The van der Waals surface area contributed by atoms with Gasteiger partial charge in [-0.15, -0.1) is 0 Å². The first-order valence-electron chi connectivity index (χ1n) is 5.51. The first-order valence-corrected chi connectivity index (χ1v) is 6.33. The maximum atomic E-state index is 12.3. The van der Waals surface area contributed by atoms with Crippen molar-refractivity contribution < 1.29 is 22.7 Å². The van der Waals surface area contributed by atoms with E-state index in [0.717, 1.165) is 11.3 Å². The number of hydrogen-bond acceptors (Lipinski definition) is 4. The molecule has 2 N–H and O–H groups in total. The molecule has 2 atom stereocenters. The fraction of sp³-hybridized carbons (Fsp3) is 0.600. The molecule has 0 aliphatic heterocycles. The Bertz CT molecular complexity index is 463. The number of amides is 2. The third kappa shape index (κ3) is 3.72. The summed E-state index contributed by atoms with van der Waals surface area (Å²) < 4.78 is 41.7. The van der Waals surface area contributed by atoms with Crippen LogP contribution < -0.4 is 15.4 Å². The lowest BCUT2D eigenvalue weighted by Crippen LogP contribution is -2.31. The van der Waals surface area contributed by atoms with Crippen LogP contribution in [-0.2, 0) is 0 Å². The molecular formula is C10H12F3N3O2S. The van der Waals surface area contributed by atoms with E-state index >= 15 is 0 Å². The van der Waals surface area contributed by atoms with Gasteiger partial charge in [-0.05, 0) is 12.3 Å². The normalized spacial score (nSPS) is 21.9. The van der Waals surface area contributed by atoms with Crippen LogP contribution in [0.4, 0.5) is 23.1 Å². The van der Waals surface area contributed by atoms with Gasteiger partial charge in [0.2, 0.25) is 0 Å². The average molecular weight is 295 g/mol. The van der Waals surface area contributed by atoms with Crippen LogP contribution in [0.15, 0.2) is 6.20 Å². The summed E-state index contributed by atoms with van der Waals surface area (Å²) in [5.74, 6) is -1.80. The number of anilines is 1. The summed E-state index contributed by atoms with van der Waals surface area (Å²) in [5.41, 5.74) is 0. The smallest absolute Gasteiger partial charge is 0.392 e. The molecular weight excluding hydrogens is 283 g/mol. The summed E-state index contributed by atoms with van der Waals surface area (Å²) in [4.78, 5) is 15.3. The highest BCUT2D eigenvalue weighted by Gasteiger charge is 2.55. The van der Waals surface area contributed by atoms with Crippen LogP contribution in [0.1, 0.15) is 6.42 Å². The zero-order valence-electron chi connectivity index (χ0n) is 9.95. The van der Waals surface area contributed by atoms with Crippen LogP contribution >= 0.6 is 11.3 Å². The van der Waals surface area contributed by atoms with E-state index in [1.165, 1.54) is 13.3 Å². The molecule has 0 spiro atoms. The first-order chi connectivity index (χ1) is 8.90. The van der Waals surface area contributed by atoms with Gasteiger partial charge in [-0.1, -0.05) is 11.3 Å². The lowest BCUT2D eigenvalue weighted by atomic mass is 10.3. The Hall–Kier alpha value is -1.51. The fourth-order valence-electron chi connectivity index (χ4n) is 1.65. The fourth-order valence-corrected chi connectivity index (χ4v) is 2.28. The minimum Gasteiger partial charge on any atom is -0.486 e. The molecule has 2 rings (SSSR count). The summed E-state index contributed by atoms with van der Waals surface area (Å²) in [5, 5.41) is 5.70. The molecule has 2 amide bonds. The quantitative estimate of drug-likeness (QED) is 0.897. The molecule has 1 heterocycles. The Kier molecular flexibility index (Phi) is 3.83. The van der Waals surface area contributed by atoms with E-state index in [4.69, 9.17) is 4.74 Å². The van der Waals surface area contributed by atoms with Gasteiger partial charge in [0.1, 0.15) is 0 Å². The Labute approximate surface area is 111 Å². The van der Waals surface area contributed by atoms with E-state index in [1.54, 1.807) is 0 Å². The third-order valence-corrected chi connectivity index (χ3v) is 3.65. The van der Waals surface area contributed by atoms with Crippen LogP contribution in [0.2, 0.25) is 0 Å². The van der Waals surface area contributed by atoms with Crippen molar-refractivity contribution in [3.8, 4) is 5.06 Å². The van der Waals surface area contributed by atoms with E-state index in [1.807, 2.05) is 0 Å². The SMILES string of the molecule is COc1cnc(NC(=O)NC[C@@H]2C[C@H]2C(F)(F)F)s1. The van der Waals surface area contributed by atoms with E-state index < -0.39 is 24.0 Å². The predicted octanol–water partition coefficient (Wildman–Crippen LogP) is 2.47. The van der Waals surface area contributed by atoms with E-state index in [0.29, 0.717) is 10.2 Å². The molecule has 0 bridgehead atoms. The van der Waals surface area contributed by atoms with Crippen LogP contribution in [0.5, 0.6) is 5.06 Å². The van der Waals surface area contributed by atoms with Gasteiger partial charge in [-0.2, -0.15) is 13.2 Å². The third-order valence-electron chi connectivity index (χ3n) is 2.77. The zero-order chi connectivity index (χ0) is 14.0. The number of carbonyl (C=O) groups excluding carboxylic acids is 1.